The molecule has 4 N–H and O–H groups in total. The zero-order valence-electron chi connectivity index (χ0n) is 43.7. The van der Waals surface area contributed by atoms with Crippen molar-refractivity contribution in [2.75, 3.05) is 19.0 Å². The minimum absolute atomic E-state index is 0.155. The predicted molar refractivity (Wildman–Crippen MR) is 279 cm³/mol. The second-order valence-corrected chi connectivity index (χ2v) is 21.1. The van der Waals surface area contributed by atoms with Gasteiger partial charge in [-0.2, -0.15) is 8.42 Å². The quantitative estimate of drug-likeness (QED) is 0.0196. The summed E-state index contributed by atoms with van der Waals surface area (Å²) >= 11 is 0. The summed E-state index contributed by atoms with van der Waals surface area (Å²) in [7, 11) is -4.61. The number of hydrogen-bond acceptors (Lipinski definition) is 11. The normalized spacial score (nSPS) is 19.3. The van der Waals surface area contributed by atoms with E-state index in [2.05, 4.69) is 50.3 Å². The van der Waals surface area contributed by atoms with E-state index < -0.39 is 71.2 Å². The molecule has 1 saturated heterocycles. The second-order valence-electron chi connectivity index (χ2n) is 19.6. The van der Waals surface area contributed by atoms with Crippen LogP contribution in [0.15, 0.2) is 36.5 Å². The van der Waals surface area contributed by atoms with Crippen LogP contribution >= 0.6 is 0 Å². The van der Waals surface area contributed by atoms with Gasteiger partial charge in [0.25, 0.3) is 10.1 Å². The summed E-state index contributed by atoms with van der Waals surface area (Å²) in [6.45, 7) is 3.69. The Morgan fingerprint density at radius 1 is 0.507 bits per heavy atom. The molecule has 13 heteroatoms. The SMILES string of the molecule is CC/C=C\C/C=C\C/C=C\CCCCCCCCCC(=O)OC(COC(=O)CCCCCCCCCCCCCCCCCCCCCCCCCC)COC1OC(CS(=O)(=O)O)C(O)C(O)C1O. The fraction of sp³-hybridized carbons (Fsp3) is 0.857. The molecule has 6 atom stereocenters. The van der Waals surface area contributed by atoms with Gasteiger partial charge in [-0.1, -0.05) is 230 Å². The van der Waals surface area contributed by atoms with Crippen molar-refractivity contribution in [3.63, 3.8) is 0 Å². The summed E-state index contributed by atoms with van der Waals surface area (Å²) < 4.78 is 54.3. The molecule has 0 spiro atoms. The lowest BCUT2D eigenvalue weighted by atomic mass is 10.00. The number of hydrogen-bond donors (Lipinski definition) is 4. The van der Waals surface area contributed by atoms with Gasteiger partial charge in [0.2, 0.25) is 0 Å². The van der Waals surface area contributed by atoms with E-state index in [1.54, 1.807) is 0 Å². The molecule has 0 aliphatic carbocycles. The zero-order chi connectivity index (χ0) is 50.5. The van der Waals surface area contributed by atoms with Crippen molar-refractivity contribution in [2.24, 2.45) is 0 Å². The molecule has 1 rings (SSSR count). The Balaban J connectivity index is 2.29. The number of aliphatic hydroxyl groups excluding tert-OH is 3. The van der Waals surface area contributed by atoms with E-state index >= 15 is 0 Å². The van der Waals surface area contributed by atoms with Crippen LogP contribution in [-0.2, 0) is 38.7 Å². The van der Waals surface area contributed by atoms with Crippen LogP contribution in [0.4, 0.5) is 0 Å². The van der Waals surface area contributed by atoms with Gasteiger partial charge in [0.05, 0.1) is 6.61 Å². The maximum atomic E-state index is 12.9. The molecule has 0 radical (unpaired) electrons. The van der Waals surface area contributed by atoms with Crippen LogP contribution < -0.4 is 0 Å². The zero-order valence-corrected chi connectivity index (χ0v) is 44.5. The van der Waals surface area contributed by atoms with Crippen molar-refractivity contribution in [3.8, 4) is 0 Å². The summed E-state index contributed by atoms with van der Waals surface area (Å²) in [5.41, 5.74) is 0. The average molecular weight is 999 g/mol. The highest BCUT2D eigenvalue weighted by molar-refractivity contribution is 7.85. The van der Waals surface area contributed by atoms with E-state index in [9.17, 15) is 37.9 Å². The summed E-state index contributed by atoms with van der Waals surface area (Å²) in [6, 6.07) is 0. The molecular weight excluding hydrogens is 897 g/mol. The Hall–Kier alpha value is -2.13. The van der Waals surface area contributed by atoms with E-state index in [1.165, 1.54) is 128 Å². The topological polar surface area (TPSA) is 186 Å². The van der Waals surface area contributed by atoms with E-state index in [0.717, 1.165) is 83.5 Å². The average Bonchev–Trinajstić information content (AvgIpc) is 3.32. The molecule has 0 aromatic heterocycles. The Kier molecular flexibility index (Phi) is 43.0. The molecule has 1 heterocycles. The third kappa shape index (κ3) is 40.1. The van der Waals surface area contributed by atoms with Crippen LogP contribution in [-0.4, -0.2) is 96.0 Å². The number of rotatable bonds is 48. The highest BCUT2D eigenvalue weighted by Crippen LogP contribution is 2.24. The molecule has 0 saturated carbocycles. The summed E-state index contributed by atoms with van der Waals surface area (Å²) in [5, 5.41) is 31.0. The lowest BCUT2D eigenvalue weighted by Crippen LogP contribution is -2.60. The van der Waals surface area contributed by atoms with Crippen molar-refractivity contribution in [2.45, 2.75) is 288 Å². The third-order valence-corrected chi connectivity index (χ3v) is 13.7. The Morgan fingerprint density at radius 2 is 0.913 bits per heavy atom. The van der Waals surface area contributed by atoms with Crippen molar-refractivity contribution in [3.05, 3.63) is 36.5 Å². The van der Waals surface area contributed by atoms with Gasteiger partial charge >= 0.3 is 11.9 Å². The highest BCUT2D eigenvalue weighted by Gasteiger charge is 2.46. The first kappa shape index (κ1) is 64.9. The summed E-state index contributed by atoms with van der Waals surface area (Å²) in [4.78, 5) is 25.6. The van der Waals surface area contributed by atoms with Gasteiger partial charge in [-0.3, -0.25) is 14.1 Å². The molecule has 1 fully saturated rings. The van der Waals surface area contributed by atoms with Gasteiger partial charge < -0.3 is 34.3 Å². The lowest BCUT2D eigenvalue weighted by molar-refractivity contribution is -0.297. The first-order valence-electron chi connectivity index (χ1n) is 28.0. The highest BCUT2D eigenvalue weighted by atomic mass is 32.2. The number of aliphatic hydroxyl groups is 3. The fourth-order valence-electron chi connectivity index (χ4n) is 8.69. The first-order chi connectivity index (χ1) is 33.5. The molecule has 0 aromatic carbocycles. The molecule has 69 heavy (non-hydrogen) atoms. The molecule has 0 amide bonds. The lowest BCUT2D eigenvalue weighted by Gasteiger charge is -2.40. The van der Waals surface area contributed by atoms with E-state index in [4.69, 9.17) is 18.9 Å². The molecule has 12 nitrogen and oxygen atoms in total. The smallest absolute Gasteiger partial charge is 0.306 e. The molecule has 1 aliphatic heterocycles. The van der Waals surface area contributed by atoms with Gasteiger partial charge in [0.15, 0.2) is 12.4 Å². The number of carbonyl (C=O) groups excluding carboxylic acids is 2. The molecule has 6 unspecified atom stereocenters. The van der Waals surface area contributed by atoms with Crippen LogP contribution in [0.5, 0.6) is 0 Å². The maximum absolute atomic E-state index is 12.9. The van der Waals surface area contributed by atoms with Gasteiger partial charge in [0.1, 0.15) is 36.8 Å². The number of carbonyl (C=O) groups is 2. The van der Waals surface area contributed by atoms with Gasteiger partial charge in [-0.25, -0.2) is 0 Å². The molecule has 404 valence electrons. The van der Waals surface area contributed by atoms with Crippen molar-refractivity contribution in [1.82, 2.24) is 0 Å². The number of allylic oxidation sites excluding steroid dienone is 6. The van der Waals surface area contributed by atoms with E-state index in [1.807, 2.05) is 0 Å². The number of unbranched alkanes of at least 4 members (excludes halogenated alkanes) is 30. The van der Waals surface area contributed by atoms with Crippen LogP contribution in [0.2, 0.25) is 0 Å². The van der Waals surface area contributed by atoms with Gasteiger partial charge in [0, 0.05) is 12.8 Å². The maximum Gasteiger partial charge on any atom is 0.306 e. The minimum atomic E-state index is -4.61. The van der Waals surface area contributed by atoms with Crippen LogP contribution in [0.1, 0.15) is 251 Å². The number of ether oxygens (including phenoxy) is 4. The van der Waals surface area contributed by atoms with Gasteiger partial charge in [-0.15, -0.1) is 0 Å². The first-order valence-corrected chi connectivity index (χ1v) is 29.7. The Labute approximate surface area is 421 Å². The number of esters is 2. The Bertz CT molecular complexity index is 1400. The molecule has 0 bridgehead atoms. The van der Waals surface area contributed by atoms with E-state index in [0.29, 0.717) is 12.8 Å². The minimum Gasteiger partial charge on any atom is -0.462 e. The third-order valence-electron chi connectivity index (χ3n) is 13.0. The standard InChI is InChI=1S/C56H102O12S/c1-3-5-7-9-11-13-15-17-19-21-22-23-24-25-26-27-29-30-32-34-36-38-40-42-44-51(57)65-46-49(47-66-56-55(61)54(60)53(59)50(68-56)48-69(62,63)64)67-52(58)45-43-41-39-37-35-33-31-28-20-18-16-14-12-10-8-6-4-2/h6,8,12,14,18,20,49-50,53-56,59-61H,3-5,7,9-11,13,15-17,19,21-48H2,1-2H3,(H,62,63,64)/b8-6-,14-12-,20-18-. The van der Waals surface area contributed by atoms with Gasteiger partial charge in [-0.05, 0) is 44.9 Å². The van der Waals surface area contributed by atoms with Crippen LogP contribution in [0.3, 0.4) is 0 Å². The molecule has 0 aromatic rings. The van der Waals surface area contributed by atoms with Crippen molar-refractivity contribution >= 4 is 22.1 Å². The summed E-state index contributed by atoms with van der Waals surface area (Å²) in [5.74, 6) is -1.98. The summed E-state index contributed by atoms with van der Waals surface area (Å²) in [6.07, 6.45) is 46.2. The van der Waals surface area contributed by atoms with Crippen molar-refractivity contribution < 1.29 is 56.8 Å². The second kappa shape index (κ2) is 45.7. The van der Waals surface area contributed by atoms with Crippen molar-refractivity contribution in [1.29, 1.82) is 0 Å². The molecule has 1 aliphatic rings. The fourth-order valence-corrected chi connectivity index (χ4v) is 9.39. The van der Waals surface area contributed by atoms with E-state index in [-0.39, 0.29) is 19.4 Å². The largest absolute Gasteiger partial charge is 0.462 e. The predicted octanol–water partition coefficient (Wildman–Crippen LogP) is 13.3. The van der Waals surface area contributed by atoms with Crippen LogP contribution in [0.25, 0.3) is 0 Å². The van der Waals surface area contributed by atoms with Crippen LogP contribution in [0, 0.1) is 0 Å². The monoisotopic (exact) mass is 999 g/mol. The molecular formula is C56H102O12S. The Morgan fingerprint density at radius 3 is 1.36 bits per heavy atom.